The van der Waals surface area contributed by atoms with Gasteiger partial charge in [-0.3, -0.25) is 5.32 Å². The first-order chi connectivity index (χ1) is 8.65. The normalized spacial score (nSPS) is 9.89. The van der Waals surface area contributed by atoms with E-state index in [1.54, 1.807) is 12.1 Å². The van der Waals surface area contributed by atoms with Gasteiger partial charge in [-0.1, -0.05) is 34.1 Å². The number of para-hydroxylation sites is 1. The lowest BCUT2D eigenvalue weighted by Crippen LogP contribution is -2.17. The lowest BCUT2D eigenvalue weighted by atomic mass is 10.3. The average Bonchev–Trinajstić information content (AvgIpc) is 2.35. The number of hydrogen-bond donors (Lipinski definition) is 1. The molecule has 0 atom stereocenters. The van der Waals surface area contributed by atoms with Crippen LogP contribution in [0.15, 0.2) is 53.0 Å². The summed E-state index contributed by atoms with van der Waals surface area (Å²) in [6.45, 7) is 0. The Hall–Kier alpha value is -1.08. The number of anilines is 1. The molecule has 0 aromatic heterocycles. The van der Waals surface area contributed by atoms with Gasteiger partial charge in [0, 0.05) is 8.04 Å². The van der Waals surface area contributed by atoms with Crippen molar-refractivity contribution in [2.24, 2.45) is 0 Å². The van der Waals surface area contributed by atoms with Crippen LogP contribution in [0.3, 0.4) is 0 Å². The zero-order valence-electron chi connectivity index (χ0n) is 9.19. The Kier molecular flexibility index (Phi) is 4.60. The van der Waals surface area contributed by atoms with Gasteiger partial charge < -0.3 is 4.74 Å². The fourth-order valence-corrected chi connectivity index (χ4v) is 2.16. The van der Waals surface area contributed by atoms with E-state index in [1.165, 1.54) is 0 Å². The Morgan fingerprint density at radius 3 is 2.61 bits per heavy atom. The Balaban J connectivity index is 2.05. The molecule has 0 aliphatic carbocycles. The number of halogens is 2. The highest BCUT2D eigenvalue weighted by Gasteiger charge is 2.07. The summed E-state index contributed by atoms with van der Waals surface area (Å²) in [5, 5.41) is 2.70. The van der Waals surface area contributed by atoms with Gasteiger partial charge in [-0.05, 0) is 52.9 Å². The number of amides is 1. The molecule has 0 fully saturated rings. The number of hydrogen-bond acceptors (Lipinski definition) is 2. The second-order valence-electron chi connectivity index (χ2n) is 3.45. The lowest BCUT2D eigenvalue weighted by Gasteiger charge is -2.08. The number of nitrogens with one attached hydrogen (secondary N) is 1. The molecule has 1 N–H and O–H groups in total. The van der Waals surface area contributed by atoms with Gasteiger partial charge in [0.05, 0.1) is 5.69 Å². The summed E-state index contributed by atoms with van der Waals surface area (Å²) in [6.07, 6.45) is -0.503. The van der Waals surface area contributed by atoms with Crippen LogP contribution >= 0.6 is 38.5 Å². The first kappa shape index (κ1) is 13.4. The number of rotatable bonds is 2. The Morgan fingerprint density at radius 1 is 1.17 bits per heavy atom. The number of carbonyl (C=O) groups is 1. The minimum Gasteiger partial charge on any atom is -0.410 e. The summed E-state index contributed by atoms with van der Waals surface area (Å²) in [7, 11) is 0. The van der Waals surface area contributed by atoms with Crippen molar-refractivity contribution in [2.45, 2.75) is 0 Å². The molecular weight excluding hydrogens is 409 g/mol. The molecule has 5 heteroatoms. The number of carbonyl (C=O) groups excluding carboxylic acids is 1. The van der Waals surface area contributed by atoms with Crippen LogP contribution in [0.25, 0.3) is 0 Å². The Labute approximate surface area is 127 Å². The van der Waals surface area contributed by atoms with Crippen molar-refractivity contribution < 1.29 is 9.53 Å². The van der Waals surface area contributed by atoms with Crippen molar-refractivity contribution in [3.63, 3.8) is 0 Å². The van der Waals surface area contributed by atoms with E-state index >= 15 is 0 Å². The van der Waals surface area contributed by atoms with E-state index in [2.05, 4.69) is 43.8 Å². The third-order valence-electron chi connectivity index (χ3n) is 2.12. The summed E-state index contributed by atoms with van der Waals surface area (Å²) in [5.41, 5.74) is 0.714. The standard InChI is InChI=1S/C13H9BrINO2/c14-9-6-7-11(15)12(8-9)16-13(17)18-10-4-2-1-3-5-10/h1-8H,(H,16,17). The van der Waals surface area contributed by atoms with Crippen molar-refractivity contribution in [3.05, 3.63) is 56.6 Å². The molecule has 2 aromatic carbocycles. The Morgan fingerprint density at radius 2 is 1.89 bits per heavy atom. The second-order valence-corrected chi connectivity index (χ2v) is 5.53. The van der Waals surface area contributed by atoms with Crippen molar-refractivity contribution in [3.8, 4) is 5.75 Å². The maximum atomic E-state index is 11.7. The van der Waals surface area contributed by atoms with Crippen molar-refractivity contribution in [1.29, 1.82) is 0 Å². The van der Waals surface area contributed by atoms with Crippen molar-refractivity contribution in [2.75, 3.05) is 5.32 Å². The average molecular weight is 418 g/mol. The molecule has 0 aliphatic rings. The topological polar surface area (TPSA) is 38.3 Å². The molecule has 18 heavy (non-hydrogen) atoms. The molecule has 2 rings (SSSR count). The molecule has 0 saturated carbocycles. The highest BCUT2D eigenvalue weighted by Crippen LogP contribution is 2.23. The lowest BCUT2D eigenvalue weighted by molar-refractivity contribution is 0.215. The minimum atomic E-state index is -0.503. The summed E-state index contributed by atoms with van der Waals surface area (Å²) in [5.74, 6) is 0.514. The predicted octanol–water partition coefficient (Wildman–Crippen LogP) is 4.66. The van der Waals surface area contributed by atoms with Gasteiger partial charge >= 0.3 is 6.09 Å². The number of benzene rings is 2. The summed E-state index contributed by atoms with van der Waals surface area (Å²) >= 11 is 5.51. The highest BCUT2D eigenvalue weighted by atomic mass is 127. The molecule has 0 unspecified atom stereocenters. The van der Waals surface area contributed by atoms with Gasteiger partial charge in [-0.15, -0.1) is 0 Å². The van der Waals surface area contributed by atoms with Crippen molar-refractivity contribution >= 4 is 50.3 Å². The first-order valence-corrected chi connectivity index (χ1v) is 7.01. The number of ether oxygens (including phenoxy) is 1. The molecule has 0 aliphatic heterocycles. The monoisotopic (exact) mass is 417 g/mol. The molecule has 92 valence electrons. The maximum Gasteiger partial charge on any atom is 0.417 e. The van der Waals surface area contributed by atoms with Gasteiger partial charge in [0.2, 0.25) is 0 Å². The second kappa shape index (κ2) is 6.19. The molecule has 1 amide bonds. The third-order valence-corrected chi connectivity index (χ3v) is 3.55. The molecule has 0 spiro atoms. The van der Waals surface area contributed by atoms with Gasteiger partial charge in [0.1, 0.15) is 5.75 Å². The van der Waals surface area contributed by atoms with E-state index in [0.717, 1.165) is 8.04 Å². The smallest absolute Gasteiger partial charge is 0.410 e. The Bertz CT molecular complexity index is 560. The van der Waals surface area contributed by atoms with Gasteiger partial charge in [0.25, 0.3) is 0 Å². The predicted molar refractivity (Wildman–Crippen MR) is 82.9 cm³/mol. The van der Waals surface area contributed by atoms with Crippen LogP contribution in [-0.4, -0.2) is 6.09 Å². The molecule has 0 bridgehead atoms. The third kappa shape index (κ3) is 3.71. The van der Waals surface area contributed by atoms with Crippen LogP contribution in [0, 0.1) is 3.57 Å². The van der Waals surface area contributed by atoms with E-state index in [4.69, 9.17) is 4.74 Å². The van der Waals surface area contributed by atoms with E-state index in [-0.39, 0.29) is 0 Å². The highest BCUT2D eigenvalue weighted by molar-refractivity contribution is 14.1. The fraction of sp³-hybridized carbons (Fsp3) is 0. The zero-order valence-corrected chi connectivity index (χ0v) is 12.9. The molecule has 0 saturated heterocycles. The minimum absolute atomic E-state index is 0.503. The van der Waals surface area contributed by atoms with E-state index < -0.39 is 6.09 Å². The van der Waals surface area contributed by atoms with Gasteiger partial charge in [0.15, 0.2) is 0 Å². The molecular formula is C13H9BrINO2. The SMILES string of the molecule is O=C(Nc1cc(Br)ccc1I)Oc1ccccc1. The largest absolute Gasteiger partial charge is 0.417 e. The molecule has 0 heterocycles. The first-order valence-electron chi connectivity index (χ1n) is 5.14. The van der Waals surface area contributed by atoms with Crippen molar-refractivity contribution in [1.82, 2.24) is 0 Å². The van der Waals surface area contributed by atoms with Crippen LogP contribution in [-0.2, 0) is 0 Å². The quantitative estimate of drug-likeness (QED) is 0.721. The van der Waals surface area contributed by atoms with E-state index in [0.29, 0.717) is 11.4 Å². The van der Waals surface area contributed by atoms with Gasteiger partial charge in [-0.25, -0.2) is 4.79 Å². The van der Waals surface area contributed by atoms with E-state index in [1.807, 2.05) is 36.4 Å². The van der Waals surface area contributed by atoms with Crippen LogP contribution in [0.4, 0.5) is 10.5 Å². The van der Waals surface area contributed by atoms with E-state index in [9.17, 15) is 4.79 Å². The van der Waals surface area contributed by atoms with Crippen LogP contribution in [0.5, 0.6) is 5.75 Å². The summed E-state index contributed by atoms with van der Waals surface area (Å²) in [4.78, 5) is 11.7. The molecule has 2 aromatic rings. The summed E-state index contributed by atoms with van der Waals surface area (Å²) in [6, 6.07) is 14.6. The summed E-state index contributed by atoms with van der Waals surface area (Å²) < 4.78 is 6.99. The van der Waals surface area contributed by atoms with Gasteiger partial charge in [-0.2, -0.15) is 0 Å². The van der Waals surface area contributed by atoms with Crippen LogP contribution in [0.2, 0.25) is 0 Å². The van der Waals surface area contributed by atoms with Crippen LogP contribution in [0.1, 0.15) is 0 Å². The zero-order chi connectivity index (χ0) is 13.0. The molecule has 0 radical (unpaired) electrons. The maximum absolute atomic E-state index is 11.7. The molecule has 3 nitrogen and oxygen atoms in total. The van der Waals surface area contributed by atoms with Crippen LogP contribution < -0.4 is 10.1 Å². The fourth-order valence-electron chi connectivity index (χ4n) is 1.32.